The summed E-state index contributed by atoms with van der Waals surface area (Å²) in [5.41, 5.74) is 0. The van der Waals surface area contributed by atoms with Crippen LogP contribution >= 0.6 is 0 Å². The number of amides is 1. The van der Waals surface area contributed by atoms with E-state index in [4.69, 9.17) is 0 Å². The molecule has 0 rings (SSSR count). The normalized spacial score (nSPS) is 8.83. The van der Waals surface area contributed by atoms with Crippen LogP contribution < -0.4 is 10.6 Å². The lowest BCUT2D eigenvalue weighted by molar-refractivity contribution is -0.149. The van der Waals surface area contributed by atoms with Crippen molar-refractivity contribution in [2.24, 2.45) is 0 Å². The van der Waals surface area contributed by atoms with Crippen LogP contribution in [0, 0.1) is 0 Å². The predicted molar refractivity (Wildman–Crippen MR) is 40.2 cm³/mol. The molecule has 0 saturated heterocycles. The van der Waals surface area contributed by atoms with Crippen LogP contribution in [0.5, 0.6) is 0 Å². The minimum Gasteiger partial charge on any atom is -0.428 e. The Morgan fingerprint density at radius 3 is 2.50 bits per heavy atom. The molecule has 0 radical (unpaired) electrons. The van der Waals surface area contributed by atoms with Crippen molar-refractivity contribution in [2.45, 2.75) is 6.92 Å². The zero-order chi connectivity index (χ0) is 9.40. The number of nitrogens with one attached hydrogen (secondary N) is 2. The van der Waals surface area contributed by atoms with Gasteiger partial charge in [-0.05, 0) is 7.05 Å². The number of carbonyl (C=O) groups excluding carboxylic acids is 2. The summed E-state index contributed by atoms with van der Waals surface area (Å²) < 4.78 is 8.77. The number of rotatable bonds is 4. The third kappa shape index (κ3) is 6.81. The molecule has 1 amide bonds. The largest absolute Gasteiger partial charge is 0.428 e. The number of hydrogen-bond acceptors (Lipinski definition) is 5. The molecule has 0 aromatic rings. The van der Waals surface area contributed by atoms with E-state index in [2.05, 4.69) is 20.1 Å². The van der Waals surface area contributed by atoms with Gasteiger partial charge in [0.15, 0.2) is 0 Å². The summed E-state index contributed by atoms with van der Waals surface area (Å²) in [6.07, 6.45) is -0.634. The Bertz CT molecular complexity index is 160. The molecule has 0 spiro atoms. The van der Waals surface area contributed by atoms with Crippen molar-refractivity contribution >= 4 is 12.1 Å². The van der Waals surface area contributed by atoms with Crippen molar-refractivity contribution in [1.29, 1.82) is 0 Å². The standard InChI is InChI=1S/C6H12N2O4/c1-5(9)11-4-12-6(10)8-3-7-2/h7H,3-4H2,1-2H3,(H,8,10). The second kappa shape index (κ2) is 6.41. The Morgan fingerprint density at radius 2 is 2.00 bits per heavy atom. The van der Waals surface area contributed by atoms with Gasteiger partial charge in [0.25, 0.3) is 0 Å². The molecule has 0 bridgehead atoms. The van der Waals surface area contributed by atoms with E-state index in [-0.39, 0.29) is 6.79 Å². The molecule has 6 heteroatoms. The van der Waals surface area contributed by atoms with Gasteiger partial charge >= 0.3 is 12.1 Å². The van der Waals surface area contributed by atoms with E-state index in [0.717, 1.165) is 0 Å². The van der Waals surface area contributed by atoms with Crippen molar-refractivity contribution < 1.29 is 19.1 Å². The molecule has 0 fully saturated rings. The van der Waals surface area contributed by atoms with Gasteiger partial charge in [-0.1, -0.05) is 0 Å². The van der Waals surface area contributed by atoms with E-state index in [1.54, 1.807) is 7.05 Å². The summed E-state index contributed by atoms with van der Waals surface area (Å²) in [6, 6.07) is 0. The van der Waals surface area contributed by atoms with E-state index < -0.39 is 12.1 Å². The first-order chi connectivity index (χ1) is 5.66. The molecule has 0 heterocycles. The van der Waals surface area contributed by atoms with Crippen LogP contribution in [0.1, 0.15) is 6.92 Å². The van der Waals surface area contributed by atoms with Gasteiger partial charge in [-0.25, -0.2) is 4.79 Å². The Morgan fingerprint density at radius 1 is 1.33 bits per heavy atom. The number of alkyl carbamates (subject to hydrolysis) is 1. The SMILES string of the molecule is CNCNC(=O)OCOC(C)=O. The second-order valence-electron chi connectivity index (χ2n) is 1.89. The quantitative estimate of drug-likeness (QED) is 0.442. The van der Waals surface area contributed by atoms with Gasteiger partial charge in [0.05, 0.1) is 6.67 Å². The molecular weight excluding hydrogens is 164 g/mol. The van der Waals surface area contributed by atoms with E-state index in [1.807, 2.05) is 0 Å². The fraction of sp³-hybridized carbons (Fsp3) is 0.667. The molecule has 12 heavy (non-hydrogen) atoms. The fourth-order valence-corrected chi connectivity index (χ4v) is 0.378. The molecular formula is C6H12N2O4. The monoisotopic (exact) mass is 176 g/mol. The van der Waals surface area contributed by atoms with Gasteiger partial charge in [0.2, 0.25) is 6.79 Å². The van der Waals surface area contributed by atoms with Gasteiger partial charge in [-0.3, -0.25) is 4.79 Å². The van der Waals surface area contributed by atoms with Crippen molar-refractivity contribution in [3.63, 3.8) is 0 Å². The Labute approximate surface area is 70.2 Å². The van der Waals surface area contributed by atoms with Gasteiger partial charge in [0.1, 0.15) is 0 Å². The molecule has 0 aliphatic heterocycles. The molecule has 0 unspecified atom stereocenters. The molecule has 0 aromatic heterocycles. The molecule has 70 valence electrons. The summed E-state index contributed by atoms with van der Waals surface area (Å²) in [7, 11) is 1.67. The van der Waals surface area contributed by atoms with Crippen LogP contribution in [0.4, 0.5) is 4.79 Å². The minimum atomic E-state index is -0.634. The van der Waals surface area contributed by atoms with Crippen molar-refractivity contribution in [2.75, 3.05) is 20.5 Å². The minimum absolute atomic E-state index is 0.304. The molecule has 0 aliphatic rings. The average molecular weight is 176 g/mol. The predicted octanol–water partition coefficient (Wildman–Crippen LogP) is -0.590. The molecule has 0 atom stereocenters. The fourth-order valence-electron chi connectivity index (χ4n) is 0.378. The highest BCUT2D eigenvalue weighted by Gasteiger charge is 1.99. The first-order valence-corrected chi connectivity index (χ1v) is 3.35. The van der Waals surface area contributed by atoms with Crippen LogP contribution in [-0.4, -0.2) is 32.6 Å². The van der Waals surface area contributed by atoms with Crippen LogP contribution in [0.25, 0.3) is 0 Å². The summed E-state index contributed by atoms with van der Waals surface area (Å²) >= 11 is 0. The summed E-state index contributed by atoms with van der Waals surface area (Å²) in [4.78, 5) is 20.8. The lowest BCUT2D eigenvalue weighted by atomic mass is 10.8. The third-order valence-electron chi connectivity index (χ3n) is 0.862. The maximum absolute atomic E-state index is 10.6. The van der Waals surface area contributed by atoms with E-state index in [1.165, 1.54) is 6.92 Å². The summed E-state index contributed by atoms with van der Waals surface area (Å²) in [5, 5.41) is 5.02. The summed E-state index contributed by atoms with van der Waals surface area (Å²) in [6.45, 7) is 1.18. The van der Waals surface area contributed by atoms with Gasteiger partial charge in [-0.15, -0.1) is 0 Å². The van der Waals surface area contributed by atoms with E-state index in [0.29, 0.717) is 6.67 Å². The maximum atomic E-state index is 10.6. The Hall–Kier alpha value is -1.30. The van der Waals surface area contributed by atoms with Gasteiger partial charge in [-0.2, -0.15) is 0 Å². The lowest BCUT2D eigenvalue weighted by Gasteiger charge is -2.05. The van der Waals surface area contributed by atoms with Gasteiger partial charge in [0, 0.05) is 6.92 Å². The number of esters is 1. The zero-order valence-corrected chi connectivity index (χ0v) is 7.05. The van der Waals surface area contributed by atoms with E-state index >= 15 is 0 Å². The second-order valence-corrected chi connectivity index (χ2v) is 1.89. The average Bonchev–Trinajstić information content (AvgIpc) is 2.00. The van der Waals surface area contributed by atoms with Gasteiger partial charge < -0.3 is 20.1 Å². The molecule has 0 saturated carbocycles. The number of carbonyl (C=O) groups is 2. The Kier molecular flexibility index (Phi) is 5.72. The molecule has 0 aliphatic carbocycles. The smallest absolute Gasteiger partial charge is 0.411 e. The highest BCUT2D eigenvalue weighted by Crippen LogP contribution is 1.80. The highest BCUT2D eigenvalue weighted by atomic mass is 16.7. The molecule has 6 nitrogen and oxygen atoms in total. The maximum Gasteiger partial charge on any atom is 0.411 e. The van der Waals surface area contributed by atoms with Crippen LogP contribution in [-0.2, 0) is 14.3 Å². The van der Waals surface area contributed by atoms with Crippen LogP contribution in [0.2, 0.25) is 0 Å². The zero-order valence-electron chi connectivity index (χ0n) is 7.05. The molecule has 0 aromatic carbocycles. The highest BCUT2D eigenvalue weighted by molar-refractivity contribution is 5.68. The topological polar surface area (TPSA) is 76.7 Å². The number of ether oxygens (including phenoxy) is 2. The van der Waals surface area contributed by atoms with Crippen molar-refractivity contribution in [1.82, 2.24) is 10.6 Å². The first-order valence-electron chi connectivity index (χ1n) is 3.35. The first kappa shape index (κ1) is 10.7. The van der Waals surface area contributed by atoms with Crippen molar-refractivity contribution in [3.8, 4) is 0 Å². The molecule has 2 N–H and O–H groups in total. The van der Waals surface area contributed by atoms with E-state index in [9.17, 15) is 9.59 Å². The Balaban J connectivity index is 3.25. The summed E-state index contributed by atoms with van der Waals surface area (Å²) in [5.74, 6) is -0.489. The third-order valence-corrected chi connectivity index (χ3v) is 0.862. The van der Waals surface area contributed by atoms with Crippen LogP contribution in [0.3, 0.4) is 0 Å². The van der Waals surface area contributed by atoms with Crippen LogP contribution in [0.15, 0.2) is 0 Å². The lowest BCUT2D eigenvalue weighted by Crippen LogP contribution is -2.32. The number of hydrogen-bond donors (Lipinski definition) is 2. The van der Waals surface area contributed by atoms with Crippen molar-refractivity contribution in [3.05, 3.63) is 0 Å².